The number of nitrogens with two attached hydrogens (primary N) is 1. The minimum Gasteiger partial charge on any atom is -0.389 e. The molecule has 9 heteroatoms. The average Bonchev–Trinajstić information content (AvgIpc) is 2.61. The Morgan fingerprint density at radius 2 is 1.95 bits per heavy atom. The van der Waals surface area contributed by atoms with Gasteiger partial charge in [-0.3, -0.25) is 9.40 Å². The first-order valence-electron chi connectivity index (χ1n) is 6.51. The number of hydrogen-bond acceptors (Lipinski definition) is 4. The maximum Gasteiger partial charge on any atom is 0.302 e. The number of nitrogens with one attached hydrogen (secondary N) is 1. The first-order chi connectivity index (χ1) is 9.42. The number of nitrogens with zero attached hydrogens (tertiary/aromatic N) is 3. The smallest absolute Gasteiger partial charge is 0.302 e. The summed E-state index contributed by atoms with van der Waals surface area (Å²) in [6, 6.07) is 0. The van der Waals surface area contributed by atoms with Crippen molar-refractivity contribution < 1.29 is 8.42 Å². The lowest BCUT2D eigenvalue weighted by Crippen LogP contribution is -2.37. The Bertz CT molecular complexity index is 588. The summed E-state index contributed by atoms with van der Waals surface area (Å²) in [6.07, 6.45) is 5.36. The van der Waals surface area contributed by atoms with Crippen molar-refractivity contribution in [3.05, 3.63) is 11.8 Å². The van der Waals surface area contributed by atoms with Crippen LogP contribution in [0.3, 0.4) is 0 Å². The molecule has 1 saturated heterocycles. The zero-order valence-corrected chi connectivity index (χ0v) is 13.0. The monoisotopic (exact) mass is 317 g/mol. The van der Waals surface area contributed by atoms with Crippen LogP contribution in [0.5, 0.6) is 0 Å². The van der Waals surface area contributed by atoms with Gasteiger partial charge in [-0.2, -0.15) is 17.8 Å². The van der Waals surface area contributed by atoms with Gasteiger partial charge in [-0.25, -0.2) is 0 Å². The molecule has 7 nitrogen and oxygen atoms in total. The van der Waals surface area contributed by atoms with E-state index < -0.39 is 10.2 Å². The molecule has 112 valence electrons. The van der Waals surface area contributed by atoms with Crippen molar-refractivity contribution in [2.45, 2.75) is 25.7 Å². The maximum atomic E-state index is 12.4. The topological polar surface area (TPSA) is 93.2 Å². The van der Waals surface area contributed by atoms with Crippen LogP contribution in [0.2, 0.25) is 0 Å². The molecule has 20 heavy (non-hydrogen) atoms. The molecular weight excluding hydrogens is 298 g/mol. The second-order valence-corrected chi connectivity index (χ2v) is 6.93. The van der Waals surface area contributed by atoms with Gasteiger partial charge in [0.15, 0.2) is 0 Å². The van der Waals surface area contributed by atoms with Crippen LogP contribution in [0.25, 0.3) is 0 Å². The van der Waals surface area contributed by atoms with Crippen LogP contribution in [-0.4, -0.2) is 40.6 Å². The number of aryl methyl sites for hydroxylation is 1. The summed E-state index contributed by atoms with van der Waals surface area (Å²) in [5, 5.41) is 3.99. The van der Waals surface area contributed by atoms with E-state index in [9.17, 15) is 8.42 Å². The van der Waals surface area contributed by atoms with Gasteiger partial charge in [-0.15, -0.1) is 0 Å². The molecule has 0 radical (unpaired) electrons. The first kappa shape index (κ1) is 15.2. The fourth-order valence-electron chi connectivity index (χ4n) is 2.21. The largest absolute Gasteiger partial charge is 0.389 e. The zero-order chi connectivity index (χ0) is 14.8. The number of rotatable bonds is 4. The second-order valence-electron chi connectivity index (χ2n) is 4.82. The van der Waals surface area contributed by atoms with E-state index in [1.165, 1.54) is 15.2 Å². The molecule has 0 aromatic carbocycles. The molecular formula is C11H19N5O2S2. The molecule has 0 amide bonds. The molecule has 2 rings (SSSR count). The van der Waals surface area contributed by atoms with Crippen LogP contribution in [0.15, 0.2) is 6.20 Å². The lowest BCUT2D eigenvalue weighted by atomic mass is 10.2. The molecule has 0 spiro atoms. The van der Waals surface area contributed by atoms with Crippen molar-refractivity contribution in [3.63, 3.8) is 0 Å². The third-order valence-corrected chi connectivity index (χ3v) is 5.05. The predicted molar refractivity (Wildman–Crippen MR) is 81.7 cm³/mol. The van der Waals surface area contributed by atoms with E-state index in [1.54, 1.807) is 7.05 Å². The number of anilines is 1. The Labute approximate surface area is 124 Å². The highest BCUT2D eigenvalue weighted by Crippen LogP contribution is 2.19. The molecule has 0 unspecified atom stereocenters. The second kappa shape index (κ2) is 6.06. The first-order valence-corrected chi connectivity index (χ1v) is 8.36. The molecule has 0 bridgehead atoms. The van der Waals surface area contributed by atoms with Gasteiger partial charge in [-0.05, 0) is 12.8 Å². The van der Waals surface area contributed by atoms with Gasteiger partial charge in [0.05, 0.1) is 11.8 Å². The molecule has 1 aromatic rings. The third-order valence-electron chi connectivity index (χ3n) is 3.33. The average molecular weight is 317 g/mol. The van der Waals surface area contributed by atoms with Crippen LogP contribution in [-0.2, 0) is 17.3 Å². The summed E-state index contributed by atoms with van der Waals surface area (Å²) < 4.78 is 30.3. The standard InChI is InChI=1S/C11H19N5O2S2/c1-15-11(9(8-13-15)10(12)19)14-20(17,18)16-6-4-2-3-5-7-16/h8,14H,2-7H2,1H3,(H2,12,19). The highest BCUT2D eigenvalue weighted by Gasteiger charge is 2.25. The molecule has 3 N–H and O–H groups in total. The Kier molecular flexibility index (Phi) is 4.61. The lowest BCUT2D eigenvalue weighted by molar-refractivity contribution is 0.427. The Hall–Kier alpha value is -1.19. The minimum atomic E-state index is -3.60. The minimum absolute atomic E-state index is 0.117. The van der Waals surface area contributed by atoms with E-state index in [-0.39, 0.29) is 4.99 Å². The van der Waals surface area contributed by atoms with Gasteiger partial charge in [0.25, 0.3) is 0 Å². The quantitative estimate of drug-likeness (QED) is 0.793. The van der Waals surface area contributed by atoms with Crippen molar-refractivity contribution in [1.29, 1.82) is 0 Å². The summed E-state index contributed by atoms with van der Waals surface area (Å²) in [4.78, 5) is 0.117. The van der Waals surface area contributed by atoms with Crippen LogP contribution >= 0.6 is 12.2 Å². The molecule has 2 heterocycles. The Morgan fingerprint density at radius 3 is 2.50 bits per heavy atom. The molecule has 0 saturated carbocycles. The van der Waals surface area contributed by atoms with Crippen molar-refractivity contribution in [1.82, 2.24) is 14.1 Å². The van der Waals surface area contributed by atoms with Crippen LogP contribution in [0.4, 0.5) is 5.82 Å². The van der Waals surface area contributed by atoms with Crippen molar-refractivity contribution >= 4 is 33.2 Å². The van der Waals surface area contributed by atoms with E-state index in [2.05, 4.69) is 9.82 Å². The molecule has 0 aliphatic carbocycles. The van der Waals surface area contributed by atoms with Gasteiger partial charge in [0, 0.05) is 20.1 Å². The summed E-state index contributed by atoms with van der Waals surface area (Å²) in [5.74, 6) is 0.307. The summed E-state index contributed by atoms with van der Waals surface area (Å²) in [7, 11) is -1.96. The maximum absolute atomic E-state index is 12.4. The number of thiocarbonyl (C=S) groups is 1. The van der Waals surface area contributed by atoms with Gasteiger partial charge in [0.2, 0.25) is 0 Å². The van der Waals surface area contributed by atoms with Crippen LogP contribution in [0.1, 0.15) is 31.2 Å². The summed E-state index contributed by atoms with van der Waals surface area (Å²) in [6.45, 7) is 1.07. The summed E-state index contributed by atoms with van der Waals surface area (Å²) >= 11 is 4.91. The van der Waals surface area contributed by atoms with Crippen LogP contribution in [0, 0.1) is 0 Å². The number of aromatic nitrogens is 2. The highest BCUT2D eigenvalue weighted by molar-refractivity contribution is 7.90. The van der Waals surface area contributed by atoms with Crippen molar-refractivity contribution in [2.75, 3.05) is 17.8 Å². The molecule has 0 atom stereocenters. The molecule has 1 fully saturated rings. The van der Waals surface area contributed by atoms with Crippen molar-refractivity contribution in [2.24, 2.45) is 12.8 Å². The summed E-state index contributed by atoms with van der Waals surface area (Å²) in [5.41, 5.74) is 6.01. The SMILES string of the molecule is Cn1ncc(C(N)=S)c1NS(=O)(=O)N1CCCCCC1. The van der Waals surface area contributed by atoms with Gasteiger partial charge >= 0.3 is 10.2 Å². The van der Waals surface area contributed by atoms with Gasteiger partial charge < -0.3 is 5.73 Å². The van der Waals surface area contributed by atoms with Crippen LogP contribution < -0.4 is 10.5 Å². The van der Waals surface area contributed by atoms with Crippen molar-refractivity contribution in [3.8, 4) is 0 Å². The molecule has 1 aliphatic rings. The lowest BCUT2D eigenvalue weighted by Gasteiger charge is -2.21. The number of hydrogen-bond donors (Lipinski definition) is 2. The zero-order valence-electron chi connectivity index (χ0n) is 11.4. The van der Waals surface area contributed by atoms with E-state index >= 15 is 0 Å². The van der Waals surface area contributed by atoms with E-state index in [0.717, 1.165) is 25.7 Å². The predicted octanol–water partition coefficient (Wildman–Crippen LogP) is 0.587. The van der Waals surface area contributed by atoms with E-state index in [0.29, 0.717) is 24.5 Å². The highest BCUT2D eigenvalue weighted by atomic mass is 32.2. The Morgan fingerprint density at radius 1 is 1.35 bits per heavy atom. The fraction of sp³-hybridized carbons (Fsp3) is 0.636. The molecule has 1 aliphatic heterocycles. The third kappa shape index (κ3) is 3.28. The van der Waals surface area contributed by atoms with Gasteiger partial charge in [-0.1, -0.05) is 25.1 Å². The van der Waals surface area contributed by atoms with E-state index in [4.69, 9.17) is 18.0 Å². The van der Waals surface area contributed by atoms with E-state index in [1.807, 2.05) is 0 Å². The van der Waals surface area contributed by atoms with Gasteiger partial charge in [0.1, 0.15) is 10.8 Å². The normalized spacial score (nSPS) is 17.6. The molecule has 1 aromatic heterocycles. The fourth-order valence-corrected chi connectivity index (χ4v) is 3.71. The Balaban J connectivity index is 2.23.